The summed E-state index contributed by atoms with van der Waals surface area (Å²) in [7, 11) is 1.74. The Morgan fingerprint density at radius 1 is 1.44 bits per heavy atom. The third kappa shape index (κ3) is 4.42. The van der Waals surface area contributed by atoms with Crippen molar-refractivity contribution in [2.45, 2.75) is 52.1 Å². The van der Waals surface area contributed by atoms with E-state index >= 15 is 0 Å². The van der Waals surface area contributed by atoms with E-state index in [1.54, 1.807) is 7.11 Å². The molecule has 0 spiro atoms. The summed E-state index contributed by atoms with van der Waals surface area (Å²) in [5.74, 6) is 0. The van der Waals surface area contributed by atoms with Crippen LogP contribution in [-0.2, 0) is 4.74 Å². The van der Waals surface area contributed by atoms with E-state index in [0.717, 1.165) is 32.4 Å². The Morgan fingerprint density at radius 2 is 2.22 bits per heavy atom. The smallest absolute Gasteiger partial charge is 0.0537 e. The first-order chi connectivity index (χ1) is 8.72. The van der Waals surface area contributed by atoms with Gasteiger partial charge in [0.15, 0.2) is 0 Å². The minimum absolute atomic E-state index is 0.391. The van der Waals surface area contributed by atoms with Crippen molar-refractivity contribution in [3.05, 3.63) is 18.0 Å². The maximum Gasteiger partial charge on any atom is 0.0537 e. The fraction of sp³-hybridized carbons (Fsp3) is 0.786. The Labute approximate surface area is 111 Å². The van der Waals surface area contributed by atoms with Crippen molar-refractivity contribution in [1.29, 1.82) is 0 Å². The van der Waals surface area contributed by atoms with Gasteiger partial charge in [0.25, 0.3) is 0 Å². The number of nitrogens with zero attached hydrogens (tertiary/aromatic N) is 2. The van der Waals surface area contributed by atoms with Crippen molar-refractivity contribution in [1.82, 2.24) is 15.1 Å². The first kappa shape index (κ1) is 15.2. The van der Waals surface area contributed by atoms with Gasteiger partial charge in [-0.15, -0.1) is 0 Å². The van der Waals surface area contributed by atoms with Crippen molar-refractivity contribution in [3.63, 3.8) is 0 Å². The number of hydrogen-bond donors (Lipinski definition) is 1. The number of aromatic nitrogens is 2. The van der Waals surface area contributed by atoms with E-state index < -0.39 is 0 Å². The van der Waals surface area contributed by atoms with Gasteiger partial charge in [-0.1, -0.05) is 13.8 Å². The molecule has 1 aromatic rings. The highest BCUT2D eigenvalue weighted by molar-refractivity contribution is 5.10. The molecule has 4 nitrogen and oxygen atoms in total. The molecule has 1 rings (SSSR count). The van der Waals surface area contributed by atoms with Gasteiger partial charge in [0.05, 0.1) is 12.2 Å². The highest BCUT2D eigenvalue weighted by atomic mass is 16.5. The maximum atomic E-state index is 5.11. The Kier molecular flexibility index (Phi) is 6.98. The minimum atomic E-state index is 0.391. The number of hydrogen-bond acceptors (Lipinski definition) is 3. The fourth-order valence-electron chi connectivity index (χ4n) is 2.01. The molecular weight excluding hydrogens is 226 g/mol. The highest BCUT2D eigenvalue weighted by Gasteiger charge is 2.12. The number of nitrogens with one attached hydrogen (secondary N) is 1. The normalized spacial score (nSPS) is 14.7. The van der Waals surface area contributed by atoms with Gasteiger partial charge in [0, 0.05) is 31.5 Å². The average molecular weight is 253 g/mol. The van der Waals surface area contributed by atoms with Crippen LogP contribution in [0.15, 0.2) is 12.4 Å². The van der Waals surface area contributed by atoms with Crippen LogP contribution >= 0.6 is 0 Å². The topological polar surface area (TPSA) is 39.1 Å². The molecule has 0 saturated heterocycles. The molecule has 0 radical (unpaired) electrons. The molecule has 1 N–H and O–H groups in total. The molecule has 2 unspecified atom stereocenters. The summed E-state index contributed by atoms with van der Waals surface area (Å²) in [6.07, 6.45) is 7.40. The zero-order chi connectivity index (χ0) is 13.4. The lowest BCUT2D eigenvalue weighted by Crippen LogP contribution is -2.21. The van der Waals surface area contributed by atoms with Crippen molar-refractivity contribution in [2.75, 3.05) is 20.3 Å². The van der Waals surface area contributed by atoms with Gasteiger partial charge in [0.1, 0.15) is 0 Å². The van der Waals surface area contributed by atoms with Crippen LogP contribution in [0.5, 0.6) is 0 Å². The predicted octanol–water partition coefficient (Wildman–Crippen LogP) is 2.93. The summed E-state index contributed by atoms with van der Waals surface area (Å²) in [5.41, 5.74) is 1.29. The van der Waals surface area contributed by atoms with Crippen LogP contribution in [0.3, 0.4) is 0 Å². The van der Waals surface area contributed by atoms with Crippen molar-refractivity contribution in [3.8, 4) is 0 Å². The van der Waals surface area contributed by atoms with Crippen LogP contribution in [-0.4, -0.2) is 30.0 Å². The average Bonchev–Trinajstić information content (AvgIpc) is 2.86. The molecule has 1 aromatic heterocycles. The lowest BCUT2D eigenvalue weighted by molar-refractivity contribution is 0.178. The van der Waals surface area contributed by atoms with E-state index in [1.165, 1.54) is 5.56 Å². The quantitative estimate of drug-likeness (QED) is 0.735. The highest BCUT2D eigenvalue weighted by Crippen LogP contribution is 2.18. The van der Waals surface area contributed by atoms with Gasteiger partial charge in [-0.2, -0.15) is 5.10 Å². The molecule has 0 aromatic carbocycles. The van der Waals surface area contributed by atoms with E-state index in [2.05, 4.69) is 37.4 Å². The SMILES string of the molecule is CCCNC(CC)c1cnn(C(C)CCOC)c1. The van der Waals surface area contributed by atoms with Crippen molar-refractivity contribution < 1.29 is 4.74 Å². The Hall–Kier alpha value is -0.870. The Balaban J connectivity index is 2.59. The van der Waals surface area contributed by atoms with Gasteiger partial charge >= 0.3 is 0 Å². The lowest BCUT2D eigenvalue weighted by atomic mass is 10.1. The number of methoxy groups -OCH3 is 1. The second kappa shape index (κ2) is 8.27. The predicted molar refractivity (Wildman–Crippen MR) is 74.8 cm³/mol. The molecule has 0 aliphatic heterocycles. The van der Waals surface area contributed by atoms with E-state index in [4.69, 9.17) is 4.74 Å². The summed E-state index contributed by atoms with van der Waals surface area (Å²) in [5, 5.41) is 8.02. The van der Waals surface area contributed by atoms with Gasteiger partial charge < -0.3 is 10.1 Å². The van der Waals surface area contributed by atoms with E-state index in [1.807, 2.05) is 10.9 Å². The summed E-state index contributed by atoms with van der Waals surface area (Å²) in [4.78, 5) is 0. The van der Waals surface area contributed by atoms with E-state index in [9.17, 15) is 0 Å². The maximum absolute atomic E-state index is 5.11. The molecule has 0 bridgehead atoms. The van der Waals surface area contributed by atoms with Crippen LogP contribution in [0.2, 0.25) is 0 Å². The second-order valence-electron chi connectivity index (χ2n) is 4.80. The van der Waals surface area contributed by atoms with Crippen LogP contribution in [0.1, 0.15) is 57.7 Å². The molecule has 0 amide bonds. The van der Waals surface area contributed by atoms with E-state index in [0.29, 0.717) is 12.1 Å². The number of ether oxygens (including phenoxy) is 1. The zero-order valence-electron chi connectivity index (χ0n) is 12.1. The van der Waals surface area contributed by atoms with Crippen molar-refractivity contribution >= 4 is 0 Å². The second-order valence-corrected chi connectivity index (χ2v) is 4.80. The van der Waals surface area contributed by atoms with Crippen LogP contribution in [0.25, 0.3) is 0 Å². The molecule has 0 saturated carbocycles. The first-order valence-corrected chi connectivity index (χ1v) is 6.99. The summed E-state index contributed by atoms with van der Waals surface area (Å²) >= 11 is 0. The standard InChI is InChI=1S/C14H27N3O/c1-5-8-15-14(6-2)13-10-16-17(11-13)12(3)7-9-18-4/h10-12,14-15H,5-9H2,1-4H3. The third-order valence-electron chi connectivity index (χ3n) is 3.26. The molecule has 104 valence electrons. The minimum Gasteiger partial charge on any atom is -0.385 e. The van der Waals surface area contributed by atoms with Crippen molar-refractivity contribution in [2.24, 2.45) is 0 Å². The number of rotatable bonds is 9. The third-order valence-corrected chi connectivity index (χ3v) is 3.26. The van der Waals surface area contributed by atoms with Gasteiger partial charge in [-0.05, 0) is 32.7 Å². The van der Waals surface area contributed by atoms with Crippen LogP contribution < -0.4 is 5.32 Å². The summed E-state index contributed by atoms with van der Waals surface area (Å²) < 4.78 is 7.16. The molecule has 4 heteroatoms. The van der Waals surface area contributed by atoms with Crippen LogP contribution in [0, 0.1) is 0 Å². The molecule has 2 atom stereocenters. The molecule has 18 heavy (non-hydrogen) atoms. The van der Waals surface area contributed by atoms with Gasteiger partial charge in [0.2, 0.25) is 0 Å². The van der Waals surface area contributed by atoms with Crippen LogP contribution in [0.4, 0.5) is 0 Å². The first-order valence-electron chi connectivity index (χ1n) is 6.99. The molecule has 0 aliphatic rings. The molecular formula is C14H27N3O. The molecule has 1 heterocycles. The Bertz CT molecular complexity index is 325. The molecule has 0 fully saturated rings. The fourth-order valence-corrected chi connectivity index (χ4v) is 2.01. The lowest BCUT2D eigenvalue weighted by Gasteiger charge is -2.15. The van der Waals surface area contributed by atoms with Gasteiger partial charge in [-0.3, -0.25) is 4.68 Å². The monoisotopic (exact) mass is 253 g/mol. The summed E-state index contributed by atoms with van der Waals surface area (Å²) in [6.45, 7) is 8.41. The van der Waals surface area contributed by atoms with Gasteiger partial charge in [-0.25, -0.2) is 0 Å². The zero-order valence-corrected chi connectivity index (χ0v) is 12.1. The largest absolute Gasteiger partial charge is 0.385 e. The Morgan fingerprint density at radius 3 is 2.83 bits per heavy atom. The van der Waals surface area contributed by atoms with E-state index in [-0.39, 0.29) is 0 Å². The summed E-state index contributed by atoms with van der Waals surface area (Å²) in [6, 6.07) is 0.815. The molecule has 0 aliphatic carbocycles.